The maximum Gasteiger partial charge on any atom is 0.169 e. The van der Waals surface area contributed by atoms with E-state index >= 15 is 0 Å². The molecule has 0 aliphatic carbocycles. The zero-order valence-electron chi connectivity index (χ0n) is 15.5. The zero-order chi connectivity index (χ0) is 20.1. The third-order valence-electron chi connectivity index (χ3n) is 4.32. The van der Waals surface area contributed by atoms with Gasteiger partial charge in [0, 0.05) is 35.3 Å². The first-order valence-electron chi connectivity index (χ1n) is 8.66. The maximum atomic E-state index is 11.9. The zero-order valence-corrected chi connectivity index (χ0v) is 16.3. The summed E-state index contributed by atoms with van der Waals surface area (Å²) in [6, 6.07) is 12.6. The molecule has 0 fully saturated rings. The molecule has 2 aromatic carbocycles. The summed E-state index contributed by atoms with van der Waals surface area (Å²) in [6.07, 6.45) is 3.18. The van der Waals surface area contributed by atoms with Crippen LogP contribution in [0, 0.1) is 5.41 Å². The molecule has 6 nitrogen and oxygen atoms in total. The van der Waals surface area contributed by atoms with Crippen molar-refractivity contribution in [2.75, 3.05) is 7.11 Å². The van der Waals surface area contributed by atoms with E-state index in [9.17, 15) is 4.79 Å². The molecular formula is C21H20ClN3O3. The smallest absolute Gasteiger partial charge is 0.169 e. The minimum Gasteiger partial charge on any atom is -0.493 e. The molecule has 1 atom stereocenters. The van der Waals surface area contributed by atoms with Gasteiger partial charge in [-0.15, -0.1) is 0 Å². The summed E-state index contributed by atoms with van der Waals surface area (Å²) in [5, 5.41) is 15.0. The second kappa shape index (κ2) is 8.71. The van der Waals surface area contributed by atoms with Crippen LogP contribution in [0.15, 0.2) is 48.7 Å². The van der Waals surface area contributed by atoms with Gasteiger partial charge < -0.3 is 14.9 Å². The number of Topliss-reactive ketones (excluding diaryl/α,β-unsaturated/α-hetero) is 1. The Kier molecular flexibility index (Phi) is 6.11. The van der Waals surface area contributed by atoms with Gasteiger partial charge in [-0.05, 0) is 42.8 Å². The van der Waals surface area contributed by atoms with Gasteiger partial charge in [0.15, 0.2) is 11.5 Å². The van der Waals surface area contributed by atoms with Crippen LogP contribution in [0.5, 0.6) is 17.2 Å². The Morgan fingerprint density at radius 2 is 2.11 bits per heavy atom. The fourth-order valence-corrected chi connectivity index (χ4v) is 3.22. The standard InChI is InChI=1S/C21H20ClN3O3/c1-13(26)8-17(18-12-24-25-19(18)11-23)14-6-7-20(21(9-14)27-2)28-16-5-3-4-15(22)10-16/h3-7,9-12,17,23H,8H2,1-2H3,(H,24,25). The van der Waals surface area contributed by atoms with E-state index in [1.54, 1.807) is 50.6 Å². The predicted molar refractivity (Wildman–Crippen MR) is 108 cm³/mol. The highest BCUT2D eigenvalue weighted by Crippen LogP contribution is 2.38. The number of aromatic nitrogens is 2. The van der Waals surface area contributed by atoms with Gasteiger partial charge in [0.1, 0.15) is 17.2 Å². The van der Waals surface area contributed by atoms with Crippen LogP contribution in [0.2, 0.25) is 5.02 Å². The van der Waals surface area contributed by atoms with Crippen molar-refractivity contribution in [1.29, 1.82) is 5.41 Å². The number of methoxy groups -OCH3 is 1. The normalized spacial score (nSPS) is 11.7. The van der Waals surface area contributed by atoms with Gasteiger partial charge in [-0.25, -0.2) is 0 Å². The van der Waals surface area contributed by atoms with Crippen LogP contribution in [0.4, 0.5) is 0 Å². The minimum atomic E-state index is -0.248. The van der Waals surface area contributed by atoms with Crippen LogP contribution >= 0.6 is 11.6 Å². The first kappa shape index (κ1) is 19.6. The summed E-state index contributed by atoms with van der Waals surface area (Å²) < 4.78 is 11.4. The number of H-pyrrole nitrogens is 1. The molecule has 3 aromatic rings. The second-order valence-electron chi connectivity index (χ2n) is 6.30. The van der Waals surface area contributed by atoms with E-state index in [0.717, 1.165) is 11.1 Å². The highest BCUT2D eigenvalue weighted by Gasteiger charge is 2.22. The monoisotopic (exact) mass is 397 g/mol. The van der Waals surface area contributed by atoms with Crippen LogP contribution in [0.25, 0.3) is 0 Å². The maximum absolute atomic E-state index is 11.9. The highest BCUT2D eigenvalue weighted by atomic mass is 35.5. The first-order chi connectivity index (χ1) is 13.5. The van der Waals surface area contributed by atoms with Gasteiger partial charge in [0.2, 0.25) is 0 Å². The van der Waals surface area contributed by atoms with E-state index in [1.807, 2.05) is 12.1 Å². The van der Waals surface area contributed by atoms with Crippen molar-refractivity contribution in [3.8, 4) is 17.2 Å². The molecule has 0 saturated heterocycles. The molecule has 144 valence electrons. The van der Waals surface area contributed by atoms with Gasteiger partial charge in [0.25, 0.3) is 0 Å². The number of aromatic amines is 1. The number of carbonyl (C=O) groups is 1. The minimum absolute atomic E-state index is 0.0420. The van der Waals surface area contributed by atoms with E-state index < -0.39 is 0 Å². The lowest BCUT2D eigenvalue weighted by Crippen LogP contribution is -2.08. The Bertz CT molecular complexity index is 1000. The van der Waals surface area contributed by atoms with Crippen molar-refractivity contribution in [2.24, 2.45) is 0 Å². The van der Waals surface area contributed by atoms with Crippen molar-refractivity contribution in [1.82, 2.24) is 10.2 Å². The van der Waals surface area contributed by atoms with Gasteiger partial charge in [-0.2, -0.15) is 5.10 Å². The van der Waals surface area contributed by atoms with Gasteiger partial charge >= 0.3 is 0 Å². The average Bonchev–Trinajstić information content (AvgIpc) is 3.15. The molecular weight excluding hydrogens is 378 g/mol. The topological polar surface area (TPSA) is 88.1 Å². The molecule has 2 N–H and O–H groups in total. The Morgan fingerprint density at radius 1 is 1.29 bits per heavy atom. The molecule has 0 spiro atoms. The molecule has 1 unspecified atom stereocenters. The summed E-state index contributed by atoms with van der Waals surface area (Å²) in [5.74, 6) is 1.46. The molecule has 1 aromatic heterocycles. The summed E-state index contributed by atoms with van der Waals surface area (Å²) >= 11 is 6.02. The second-order valence-corrected chi connectivity index (χ2v) is 6.74. The van der Waals surface area contributed by atoms with E-state index in [1.165, 1.54) is 6.21 Å². The predicted octanol–water partition coefficient (Wildman–Crippen LogP) is 4.97. The van der Waals surface area contributed by atoms with E-state index in [2.05, 4.69) is 10.2 Å². The van der Waals surface area contributed by atoms with Crippen molar-refractivity contribution < 1.29 is 14.3 Å². The van der Waals surface area contributed by atoms with Crippen molar-refractivity contribution in [2.45, 2.75) is 19.3 Å². The van der Waals surface area contributed by atoms with Crippen LogP contribution in [-0.2, 0) is 4.79 Å². The average molecular weight is 398 g/mol. The molecule has 0 amide bonds. The lowest BCUT2D eigenvalue weighted by atomic mass is 9.87. The molecule has 1 heterocycles. The lowest BCUT2D eigenvalue weighted by molar-refractivity contribution is -0.117. The number of carbonyl (C=O) groups excluding carboxylic acids is 1. The van der Waals surface area contributed by atoms with E-state index in [-0.39, 0.29) is 18.1 Å². The van der Waals surface area contributed by atoms with E-state index in [0.29, 0.717) is 28.0 Å². The fraction of sp³-hybridized carbons (Fsp3) is 0.190. The fourth-order valence-electron chi connectivity index (χ4n) is 3.04. The molecule has 0 bridgehead atoms. The van der Waals surface area contributed by atoms with Crippen molar-refractivity contribution >= 4 is 23.6 Å². The molecule has 0 saturated carbocycles. The van der Waals surface area contributed by atoms with Crippen molar-refractivity contribution in [3.05, 3.63) is 70.5 Å². The van der Waals surface area contributed by atoms with Gasteiger partial charge in [-0.3, -0.25) is 9.89 Å². The SMILES string of the molecule is COc1cc(C(CC(C)=O)c2c[nH]nc2C=N)ccc1Oc1cccc(Cl)c1. The van der Waals surface area contributed by atoms with Crippen LogP contribution in [-0.4, -0.2) is 29.3 Å². The Morgan fingerprint density at radius 3 is 2.79 bits per heavy atom. The number of nitrogens with zero attached hydrogens (tertiary/aromatic N) is 1. The quantitative estimate of drug-likeness (QED) is 0.525. The number of ether oxygens (including phenoxy) is 2. The molecule has 0 radical (unpaired) electrons. The Labute approximate surface area is 168 Å². The Hall–Kier alpha value is -3.12. The van der Waals surface area contributed by atoms with Gasteiger partial charge in [-0.1, -0.05) is 23.7 Å². The van der Waals surface area contributed by atoms with Gasteiger partial charge in [0.05, 0.1) is 7.11 Å². The summed E-state index contributed by atoms with van der Waals surface area (Å²) in [7, 11) is 1.56. The molecule has 0 aliphatic heterocycles. The number of hydrogen-bond acceptors (Lipinski definition) is 5. The largest absolute Gasteiger partial charge is 0.493 e. The van der Waals surface area contributed by atoms with Crippen LogP contribution < -0.4 is 9.47 Å². The lowest BCUT2D eigenvalue weighted by Gasteiger charge is -2.18. The summed E-state index contributed by atoms with van der Waals surface area (Å²) in [4.78, 5) is 11.9. The molecule has 28 heavy (non-hydrogen) atoms. The Balaban J connectivity index is 1.98. The molecule has 3 rings (SSSR count). The number of benzene rings is 2. The first-order valence-corrected chi connectivity index (χ1v) is 9.04. The van der Waals surface area contributed by atoms with Crippen LogP contribution in [0.3, 0.4) is 0 Å². The number of rotatable bonds is 8. The number of halogens is 1. The third kappa shape index (κ3) is 4.40. The van der Waals surface area contributed by atoms with Crippen LogP contribution in [0.1, 0.15) is 36.1 Å². The molecule has 7 heteroatoms. The third-order valence-corrected chi connectivity index (χ3v) is 4.55. The highest BCUT2D eigenvalue weighted by molar-refractivity contribution is 6.30. The van der Waals surface area contributed by atoms with E-state index in [4.69, 9.17) is 26.5 Å². The number of hydrogen-bond donors (Lipinski definition) is 2. The molecule has 0 aliphatic rings. The number of nitrogens with one attached hydrogen (secondary N) is 2. The number of ketones is 1. The summed E-state index contributed by atoms with van der Waals surface area (Å²) in [6.45, 7) is 1.55. The van der Waals surface area contributed by atoms with Crippen molar-refractivity contribution in [3.63, 3.8) is 0 Å². The summed E-state index contributed by atoms with van der Waals surface area (Å²) in [5.41, 5.74) is 2.16.